The normalized spacial score (nSPS) is 11.7. The Morgan fingerprint density at radius 1 is 1.10 bits per heavy atom. The third-order valence-electron chi connectivity index (χ3n) is 4.38. The highest BCUT2D eigenvalue weighted by atomic mass is 32.2. The molecule has 9 heteroatoms. The van der Waals surface area contributed by atoms with E-state index < -0.39 is 15.8 Å². The van der Waals surface area contributed by atoms with Gasteiger partial charge in [0.2, 0.25) is 15.0 Å². The summed E-state index contributed by atoms with van der Waals surface area (Å²) in [6, 6.07) is 14.3. The molecule has 0 N–H and O–H groups in total. The van der Waals surface area contributed by atoms with Crippen LogP contribution < -0.4 is 0 Å². The highest BCUT2D eigenvalue weighted by Crippen LogP contribution is 2.26. The smallest absolute Gasteiger partial charge is 0.337 e. The average molecular weight is 428 g/mol. The van der Waals surface area contributed by atoms with Crippen LogP contribution in [0, 0.1) is 0 Å². The molecule has 2 aromatic carbocycles. The van der Waals surface area contributed by atoms with Gasteiger partial charge in [-0.15, -0.1) is 11.3 Å². The lowest BCUT2D eigenvalue weighted by Crippen LogP contribution is -2.10. The van der Waals surface area contributed by atoms with Crippen molar-refractivity contribution in [1.82, 2.24) is 14.5 Å². The number of para-hydroxylation sites is 2. The van der Waals surface area contributed by atoms with Crippen LogP contribution in [0.5, 0.6) is 0 Å². The number of nitrogens with zero attached hydrogens (tertiary/aromatic N) is 3. The van der Waals surface area contributed by atoms with Gasteiger partial charge in [0.15, 0.2) is 0 Å². The fourth-order valence-corrected chi connectivity index (χ4v) is 4.67. The molecule has 148 valence electrons. The number of aromatic nitrogens is 3. The summed E-state index contributed by atoms with van der Waals surface area (Å²) in [5.41, 5.74) is 3.44. The van der Waals surface area contributed by atoms with Crippen molar-refractivity contribution in [1.29, 1.82) is 0 Å². The van der Waals surface area contributed by atoms with E-state index >= 15 is 0 Å². The fourth-order valence-electron chi connectivity index (χ4n) is 3.03. The molecule has 0 bridgehead atoms. The van der Waals surface area contributed by atoms with Gasteiger partial charge >= 0.3 is 5.97 Å². The van der Waals surface area contributed by atoms with Crippen LogP contribution in [-0.2, 0) is 21.1 Å². The van der Waals surface area contributed by atoms with Gasteiger partial charge in [-0.1, -0.05) is 24.3 Å². The van der Waals surface area contributed by atoms with Crippen molar-refractivity contribution < 1.29 is 17.9 Å². The van der Waals surface area contributed by atoms with Gasteiger partial charge in [-0.3, -0.25) is 0 Å². The number of rotatable bonds is 5. The Kier molecular flexibility index (Phi) is 4.93. The quantitative estimate of drug-likeness (QED) is 0.454. The minimum absolute atomic E-state index is 0.0238. The number of carbonyl (C=O) groups is 1. The molecular formula is C20H17N3O4S2. The van der Waals surface area contributed by atoms with Crippen molar-refractivity contribution in [3.8, 4) is 10.6 Å². The van der Waals surface area contributed by atoms with Crippen molar-refractivity contribution in [2.75, 3.05) is 13.4 Å². The van der Waals surface area contributed by atoms with E-state index in [1.54, 1.807) is 22.8 Å². The third-order valence-corrected chi connectivity index (χ3v) is 6.29. The van der Waals surface area contributed by atoms with Crippen molar-refractivity contribution in [2.24, 2.45) is 0 Å². The molecule has 0 spiro atoms. The van der Waals surface area contributed by atoms with Crippen molar-refractivity contribution in [3.63, 3.8) is 0 Å². The van der Waals surface area contributed by atoms with Gasteiger partial charge in [-0.05, 0) is 24.3 Å². The van der Waals surface area contributed by atoms with Crippen LogP contribution in [0.25, 0.3) is 21.6 Å². The maximum Gasteiger partial charge on any atom is 0.337 e. The van der Waals surface area contributed by atoms with Crippen LogP contribution in [0.15, 0.2) is 59.1 Å². The summed E-state index contributed by atoms with van der Waals surface area (Å²) in [7, 11) is -2.15. The SMILES string of the molecule is COC(=O)c1ccc(-c2nc(Cn3c(S(C)(=O)=O)nc4ccccc43)cs2)cc1. The maximum absolute atomic E-state index is 12.2. The van der Waals surface area contributed by atoms with Crippen LogP contribution >= 0.6 is 11.3 Å². The van der Waals surface area contributed by atoms with E-state index in [4.69, 9.17) is 4.74 Å². The molecule has 0 fully saturated rings. The molecule has 4 rings (SSSR count). The molecule has 0 atom stereocenters. The van der Waals surface area contributed by atoms with E-state index in [0.717, 1.165) is 28.0 Å². The van der Waals surface area contributed by atoms with E-state index in [1.807, 2.05) is 35.7 Å². The molecule has 2 heterocycles. The minimum atomic E-state index is -3.49. The first kappa shape index (κ1) is 19.3. The second kappa shape index (κ2) is 7.41. The van der Waals surface area contributed by atoms with Gasteiger partial charge in [0, 0.05) is 17.2 Å². The minimum Gasteiger partial charge on any atom is -0.465 e. The molecule has 0 aliphatic rings. The molecule has 0 radical (unpaired) electrons. The van der Waals surface area contributed by atoms with Crippen molar-refractivity contribution in [2.45, 2.75) is 11.7 Å². The first-order chi connectivity index (χ1) is 13.9. The third kappa shape index (κ3) is 3.79. The van der Waals surface area contributed by atoms with Crippen molar-refractivity contribution in [3.05, 3.63) is 65.2 Å². The van der Waals surface area contributed by atoms with E-state index in [0.29, 0.717) is 17.6 Å². The molecule has 0 aliphatic carbocycles. The standard InChI is InChI=1S/C20H17N3O4S2/c1-27-19(24)14-9-7-13(8-10-14)18-21-15(12-28-18)11-23-17-6-4-3-5-16(17)22-20(23)29(2,25)26/h3-10,12H,11H2,1-2H3. The van der Waals surface area contributed by atoms with Gasteiger partial charge in [-0.25, -0.2) is 23.2 Å². The molecule has 0 aliphatic heterocycles. The zero-order valence-electron chi connectivity index (χ0n) is 15.7. The number of benzene rings is 2. The number of imidazole rings is 1. The van der Waals surface area contributed by atoms with E-state index in [2.05, 4.69) is 9.97 Å². The Morgan fingerprint density at radius 3 is 2.52 bits per heavy atom. The Labute approximate surface area is 171 Å². The number of methoxy groups -OCH3 is 1. The van der Waals surface area contributed by atoms with Crippen LogP contribution in [0.3, 0.4) is 0 Å². The lowest BCUT2D eigenvalue weighted by molar-refractivity contribution is 0.0600. The number of fused-ring (bicyclic) bond motifs is 1. The van der Waals surface area contributed by atoms with E-state index in [-0.39, 0.29) is 5.16 Å². The number of carbonyl (C=O) groups excluding carboxylic acids is 1. The average Bonchev–Trinajstić information content (AvgIpc) is 3.33. The highest BCUT2D eigenvalue weighted by molar-refractivity contribution is 7.90. The molecular weight excluding hydrogens is 410 g/mol. The van der Waals surface area contributed by atoms with Crippen LogP contribution in [-0.4, -0.2) is 42.3 Å². The fraction of sp³-hybridized carbons (Fsp3) is 0.150. The highest BCUT2D eigenvalue weighted by Gasteiger charge is 2.20. The van der Waals surface area contributed by atoms with Gasteiger partial charge in [0.1, 0.15) is 5.01 Å². The summed E-state index contributed by atoms with van der Waals surface area (Å²) in [4.78, 5) is 20.5. The van der Waals surface area contributed by atoms with Gasteiger partial charge < -0.3 is 9.30 Å². The number of esters is 1. The first-order valence-electron chi connectivity index (χ1n) is 8.65. The Bertz CT molecular complexity index is 1310. The van der Waals surface area contributed by atoms with Crippen LogP contribution in [0.4, 0.5) is 0 Å². The number of thiazole rings is 1. The zero-order chi connectivity index (χ0) is 20.6. The maximum atomic E-state index is 12.2. The monoisotopic (exact) mass is 427 g/mol. The lowest BCUT2D eigenvalue weighted by atomic mass is 10.1. The van der Waals surface area contributed by atoms with E-state index in [1.165, 1.54) is 18.4 Å². The van der Waals surface area contributed by atoms with Gasteiger partial charge in [0.25, 0.3) is 0 Å². The van der Waals surface area contributed by atoms with Crippen LogP contribution in [0.2, 0.25) is 0 Å². The number of hydrogen-bond acceptors (Lipinski definition) is 7. The first-order valence-corrected chi connectivity index (χ1v) is 11.4. The summed E-state index contributed by atoms with van der Waals surface area (Å²) in [6.07, 6.45) is 1.15. The van der Waals surface area contributed by atoms with Gasteiger partial charge in [-0.2, -0.15) is 0 Å². The Morgan fingerprint density at radius 2 is 1.83 bits per heavy atom. The second-order valence-corrected chi connectivity index (χ2v) is 9.22. The molecule has 0 unspecified atom stereocenters. The molecule has 4 aromatic rings. The molecule has 0 amide bonds. The largest absolute Gasteiger partial charge is 0.465 e. The predicted molar refractivity (Wildman–Crippen MR) is 111 cm³/mol. The second-order valence-electron chi connectivity index (χ2n) is 6.45. The lowest BCUT2D eigenvalue weighted by Gasteiger charge is -2.06. The topological polar surface area (TPSA) is 91.1 Å². The van der Waals surface area contributed by atoms with Crippen molar-refractivity contribution >= 4 is 38.2 Å². The van der Waals surface area contributed by atoms with Crippen LogP contribution in [0.1, 0.15) is 16.1 Å². The summed E-state index contributed by atoms with van der Waals surface area (Å²) in [6.45, 7) is 0.291. The Hall–Kier alpha value is -3.04. The Balaban J connectivity index is 1.67. The molecule has 29 heavy (non-hydrogen) atoms. The predicted octanol–water partition coefficient (Wildman–Crippen LogP) is 3.40. The molecule has 0 saturated carbocycles. The zero-order valence-corrected chi connectivity index (χ0v) is 17.3. The molecule has 0 saturated heterocycles. The van der Waals surface area contributed by atoms with Gasteiger partial charge in [0.05, 0.1) is 35.9 Å². The van der Waals surface area contributed by atoms with E-state index in [9.17, 15) is 13.2 Å². The molecule has 2 aromatic heterocycles. The summed E-state index contributed by atoms with van der Waals surface area (Å²) in [5, 5.41) is 2.70. The number of sulfone groups is 1. The summed E-state index contributed by atoms with van der Waals surface area (Å²) < 4.78 is 30.8. The number of hydrogen-bond donors (Lipinski definition) is 0. The summed E-state index contributed by atoms with van der Waals surface area (Å²) in [5.74, 6) is -0.392. The number of ether oxygens (including phenoxy) is 1. The molecule has 7 nitrogen and oxygen atoms in total. The summed E-state index contributed by atoms with van der Waals surface area (Å²) >= 11 is 1.45.